The van der Waals surface area contributed by atoms with Gasteiger partial charge < -0.3 is 9.67 Å². The predicted molar refractivity (Wildman–Crippen MR) is 94.4 cm³/mol. The smallest absolute Gasteiger partial charge is 0.140 e. The first-order valence-electron chi connectivity index (χ1n) is 7.88. The minimum absolute atomic E-state index is 0.0701. The average molecular weight is 315 g/mol. The zero-order chi connectivity index (χ0) is 16.4. The third-order valence-corrected chi connectivity index (χ3v) is 4.20. The molecule has 0 unspecified atom stereocenters. The third-order valence-electron chi connectivity index (χ3n) is 4.20. The van der Waals surface area contributed by atoms with Gasteiger partial charge in [-0.15, -0.1) is 0 Å². The molecule has 4 nitrogen and oxygen atoms in total. The molecule has 2 heterocycles. The molecule has 0 atom stereocenters. The number of fused-ring (bicyclic) bond motifs is 1. The van der Waals surface area contributed by atoms with Gasteiger partial charge in [-0.2, -0.15) is 0 Å². The number of hydrogen-bond donors (Lipinski definition) is 1. The van der Waals surface area contributed by atoms with Gasteiger partial charge in [0, 0.05) is 42.3 Å². The van der Waals surface area contributed by atoms with E-state index in [1.807, 2.05) is 61.2 Å². The first-order chi connectivity index (χ1) is 11.8. The van der Waals surface area contributed by atoms with Crippen LogP contribution in [0.25, 0.3) is 22.2 Å². The van der Waals surface area contributed by atoms with E-state index in [4.69, 9.17) is 5.11 Å². The lowest BCUT2D eigenvalue weighted by Crippen LogP contribution is -2.01. The molecule has 0 radical (unpaired) electrons. The van der Waals surface area contributed by atoms with Crippen molar-refractivity contribution in [2.45, 2.75) is 13.2 Å². The fraction of sp³-hybridized carbons (Fsp3) is 0.100. The molecule has 0 aliphatic rings. The maximum atomic E-state index is 9.16. The highest BCUT2D eigenvalue weighted by Gasteiger charge is 2.10. The van der Waals surface area contributed by atoms with Gasteiger partial charge in [-0.3, -0.25) is 4.98 Å². The first kappa shape index (κ1) is 14.6. The van der Waals surface area contributed by atoms with Crippen LogP contribution in [0, 0.1) is 0 Å². The zero-order valence-electron chi connectivity index (χ0n) is 13.1. The van der Waals surface area contributed by atoms with E-state index in [-0.39, 0.29) is 6.61 Å². The van der Waals surface area contributed by atoms with Gasteiger partial charge in [-0.25, -0.2) is 4.98 Å². The first-order valence-corrected chi connectivity index (χ1v) is 7.88. The second-order valence-corrected chi connectivity index (χ2v) is 5.76. The van der Waals surface area contributed by atoms with Crippen molar-refractivity contribution in [2.24, 2.45) is 0 Å². The van der Waals surface area contributed by atoms with Crippen LogP contribution >= 0.6 is 0 Å². The second-order valence-electron chi connectivity index (χ2n) is 5.76. The summed E-state index contributed by atoms with van der Waals surface area (Å²) in [6, 6.07) is 16.2. The molecule has 0 bridgehead atoms. The number of benzene rings is 2. The van der Waals surface area contributed by atoms with Crippen molar-refractivity contribution < 1.29 is 5.11 Å². The Bertz CT molecular complexity index is 968. The number of aliphatic hydroxyl groups is 1. The van der Waals surface area contributed by atoms with E-state index in [9.17, 15) is 0 Å². The van der Waals surface area contributed by atoms with E-state index in [1.165, 1.54) is 5.56 Å². The molecule has 2 aromatic carbocycles. The Kier molecular flexibility index (Phi) is 3.81. The van der Waals surface area contributed by atoms with Gasteiger partial charge in [0.25, 0.3) is 0 Å². The van der Waals surface area contributed by atoms with E-state index in [2.05, 4.69) is 26.7 Å². The molecule has 0 fully saturated rings. The summed E-state index contributed by atoms with van der Waals surface area (Å²) in [5.74, 6) is 0.943. The summed E-state index contributed by atoms with van der Waals surface area (Å²) in [5.41, 5.74) is 3.20. The Morgan fingerprint density at radius 3 is 2.58 bits per heavy atom. The van der Waals surface area contributed by atoms with Gasteiger partial charge in [-0.1, -0.05) is 42.5 Å². The molecule has 0 saturated heterocycles. The lowest BCUT2D eigenvalue weighted by Gasteiger charge is -2.10. The quantitative estimate of drug-likeness (QED) is 0.625. The SMILES string of the molecule is OCc1ccc(Cn2ccnc2-c2cccc3cnccc23)cc1. The summed E-state index contributed by atoms with van der Waals surface area (Å²) in [6.07, 6.45) is 7.51. The third kappa shape index (κ3) is 2.68. The van der Waals surface area contributed by atoms with Crippen LogP contribution in [0.4, 0.5) is 0 Å². The molecule has 4 aromatic rings. The van der Waals surface area contributed by atoms with Gasteiger partial charge in [0.05, 0.1) is 6.61 Å². The molecule has 118 valence electrons. The fourth-order valence-corrected chi connectivity index (χ4v) is 2.95. The molecule has 0 aliphatic carbocycles. The van der Waals surface area contributed by atoms with Crippen LogP contribution in [-0.4, -0.2) is 19.6 Å². The maximum absolute atomic E-state index is 9.16. The van der Waals surface area contributed by atoms with E-state index in [0.717, 1.165) is 34.3 Å². The molecule has 1 N–H and O–H groups in total. The van der Waals surface area contributed by atoms with Crippen molar-refractivity contribution in [3.63, 3.8) is 0 Å². The highest BCUT2D eigenvalue weighted by molar-refractivity contribution is 5.94. The van der Waals surface area contributed by atoms with Crippen molar-refractivity contribution in [1.29, 1.82) is 0 Å². The number of hydrogen-bond acceptors (Lipinski definition) is 3. The monoisotopic (exact) mass is 315 g/mol. The molecular weight excluding hydrogens is 298 g/mol. The topological polar surface area (TPSA) is 50.9 Å². The summed E-state index contributed by atoms with van der Waals surface area (Å²) in [5, 5.41) is 11.4. The van der Waals surface area contributed by atoms with Crippen molar-refractivity contribution in [1.82, 2.24) is 14.5 Å². The van der Waals surface area contributed by atoms with Crippen molar-refractivity contribution in [2.75, 3.05) is 0 Å². The standard InChI is InChI=1S/C20H17N3O/c24-14-16-6-4-15(5-7-16)13-23-11-10-22-20(23)19-3-1-2-17-12-21-9-8-18(17)19/h1-12,24H,13-14H2. The average Bonchev–Trinajstić information content (AvgIpc) is 3.10. The molecule has 0 spiro atoms. The van der Waals surface area contributed by atoms with Gasteiger partial charge in [-0.05, 0) is 22.6 Å². The molecule has 24 heavy (non-hydrogen) atoms. The number of imidazole rings is 1. The van der Waals surface area contributed by atoms with Gasteiger partial charge >= 0.3 is 0 Å². The number of aliphatic hydroxyl groups excluding tert-OH is 1. The van der Waals surface area contributed by atoms with Crippen LogP contribution in [-0.2, 0) is 13.2 Å². The van der Waals surface area contributed by atoms with Crippen LogP contribution < -0.4 is 0 Å². The molecule has 0 saturated carbocycles. The fourth-order valence-electron chi connectivity index (χ4n) is 2.95. The van der Waals surface area contributed by atoms with Crippen LogP contribution in [0.15, 0.2) is 73.3 Å². The molecule has 4 heteroatoms. The van der Waals surface area contributed by atoms with Gasteiger partial charge in [0.2, 0.25) is 0 Å². The normalized spacial score (nSPS) is 11.0. The Hall–Kier alpha value is -2.98. The molecule has 0 aliphatic heterocycles. The Labute approximate surface area is 140 Å². The van der Waals surface area contributed by atoms with Gasteiger partial charge in [0.15, 0.2) is 0 Å². The van der Waals surface area contributed by atoms with E-state index in [0.29, 0.717) is 0 Å². The van der Waals surface area contributed by atoms with Crippen LogP contribution in [0.2, 0.25) is 0 Å². The molecular formula is C20H17N3O. The minimum Gasteiger partial charge on any atom is -0.392 e. The van der Waals surface area contributed by atoms with Crippen LogP contribution in [0.5, 0.6) is 0 Å². The lowest BCUT2D eigenvalue weighted by atomic mass is 10.1. The second kappa shape index (κ2) is 6.26. The highest BCUT2D eigenvalue weighted by atomic mass is 16.3. The summed E-state index contributed by atoms with van der Waals surface area (Å²) in [4.78, 5) is 8.76. The minimum atomic E-state index is 0.0701. The van der Waals surface area contributed by atoms with Crippen molar-refractivity contribution in [3.8, 4) is 11.4 Å². The Morgan fingerprint density at radius 2 is 1.75 bits per heavy atom. The number of rotatable bonds is 4. The largest absolute Gasteiger partial charge is 0.392 e. The summed E-state index contributed by atoms with van der Waals surface area (Å²) in [6.45, 7) is 0.809. The summed E-state index contributed by atoms with van der Waals surface area (Å²) in [7, 11) is 0. The lowest BCUT2D eigenvalue weighted by molar-refractivity contribution is 0.282. The van der Waals surface area contributed by atoms with Crippen molar-refractivity contribution >= 4 is 10.8 Å². The van der Waals surface area contributed by atoms with E-state index in [1.54, 1.807) is 0 Å². The Morgan fingerprint density at radius 1 is 0.917 bits per heavy atom. The van der Waals surface area contributed by atoms with E-state index >= 15 is 0 Å². The van der Waals surface area contributed by atoms with E-state index < -0.39 is 0 Å². The maximum Gasteiger partial charge on any atom is 0.140 e. The number of aromatic nitrogens is 3. The molecule has 4 rings (SSSR count). The van der Waals surface area contributed by atoms with Gasteiger partial charge in [0.1, 0.15) is 5.82 Å². The van der Waals surface area contributed by atoms with Crippen molar-refractivity contribution in [3.05, 3.63) is 84.4 Å². The number of nitrogens with zero attached hydrogens (tertiary/aromatic N) is 3. The summed E-state index contributed by atoms with van der Waals surface area (Å²) >= 11 is 0. The number of pyridine rings is 1. The predicted octanol–water partition coefficient (Wildman–Crippen LogP) is 3.64. The summed E-state index contributed by atoms with van der Waals surface area (Å²) < 4.78 is 2.14. The Balaban J connectivity index is 1.74. The highest BCUT2D eigenvalue weighted by Crippen LogP contribution is 2.27. The zero-order valence-corrected chi connectivity index (χ0v) is 13.1. The van der Waals surface area contributed by atoms with Crippen LogP contribution in [0.3, 0.4) is 0 Å². The molecule has 0 amide bonds. The molecule has 2 aromatic heterocycles. The van der Waals surface area contributed by atoms with Crippen LogP contribution in [0.1, 0.15) is 11.1 Å².